The van der Waals surface area contributed by atoms with Crippen LogP contribution in [0.15, 0.2) is 18.3 Å². The highest BCUT2D eigenvalue weighted by Gasteiger charge is 2.24. The van der Waals surface area contributed by atoms with Crippen molar-refractivity contribution < 1.29 is 4.74 Å². The van der Waals surface area contributed by atoms with Gasteiger partial charge in [0, 0.05) is 22.7 Å². The predicted molar refractivity (Wildman–Crippen MR) is 69.6 cm³/mol. The summed E-state index contributed by atoms with van der Waals surface area (Å²) in [5.41, 5.74) is 9.69. The summed E-state index contributed by atoms with van der Waals surface area (Å²) < 4.78 is 5.46. The van der Waals surface area contributed by atoms with Gasteiger partial charge < -0.3 is 15.5 Å². The largest absolute Gasteiger partial charge is 0.496 e. The minimum atomic E-state index is 0.605. The molecule has 0 aliphatic heterocycles. The Labute approximate surface area is 101 Å². The summed E-state index contributed by atoms with van der Waals surface area (Å²) in [6, 6.07) is 4.16. The van der Waals surface area contributed by atoms with E-state index in [0.29, 0.717) is 5.92 Å². The van der Waals surface area contributed by atoms with E-state index in [2.05, 4.69) is 23.3 Å². The normalized spacial score (nSPS) is 18.6. The number of nitrogens with one attached hydrogen (secondary N) is 1. The number of methoxy groups -OCH3 is 1. The summed E-state index contributed by atoms with van der Waals surface area (Å²) in [7, 11) is 1.75. The number of hydrogen-bond donors (Lipinski definition) is 2. The molecule has 3 N–H and O–H groups in total. The predicted octanol–water partition coefficient (Wildman–Crippen LogP) is 2.56. The molecule has 17 heavy (non-hydrogen) atoms. The molecule has 2 aromatic rings. The topological polar surface area (TPSA) is 51.0 Å². The highest BCUT2D eigenvalue weighted by Crippen LogP contribution is 2.41. The van der Waals surface area contributed by atoms with E-state index in [1.165, 1.54) is 28.5 Å². The van der Waals surface area contributed by atoms with Gasteiger partial charge in [0.2, 0.25) is 0 Å². The maximum absolute atomic E-state index is 5.70. The van der Waals surface area contributed by atoms with Gasteiger partial charge in [-0.05, 0) is 49.4 Å². The van der Waals surface area contributed by atoms with Gasteiger partial charge in [-0.15, -0.1) is 0 Å². The number of rotatable bonds is 3. The van der Waals surface area contributed by atoms with E-state index >= 15 is 0 Å². The maximum atomic E-state index is 5.70. The van der Waals surface area contributed by atoms with Gasteiger partial charge in [0.25, 0.3) is 0 Å². The first kappa shape index (κ1) is 10.7. The molecule has 0 fully saturated rings. The third-order valence-electron chi connectivity index (χ3n) is 3.86. The molecule has 1 aliphatic carbocycles. The van der Waals surface area contributed by atoms with Crippen molar-refractivity contribution in [1.82, 2.24) is 4.98 Å². The Morgan fingerprint density at radius 2 is 2.35 bits per heavy atom. The lowest BCUT2D eigenvalue weighted by molar-refractivity contribution is 0.408. The van der Waals surface area contributed by atoms with Crippen molar-refractivity contribution in [3.63, 3.8) is 0 Å². The molecule has 0 saturated carbocycles. The Bertz CT molecular complexity index is 544. The zero-order valence-electron chi connectivity index (χ0n) is 10.1. The maximum Gasteiger partial charge on any atom is 0.122 e. The van der Waals surface area contributed by atoms with Crippen LogP contribution in [-0.4, -0.2) is 18.6 Å². The monoisotopic (exact) mass is 230 g/mol. The van der Waals surface area contributed by atoms with Gasteiger partial charge in [0.15, 0.2) is 0 Å². The zero-order valence-corrected chi connectivity index (χ0v) is 10.1. The van der Waals surface area contributed by atoms with Crippen molar-refractivity contribution in [2.24, 2.45) is 5.73 Å². The Morgan fingerprint density at radius 1 is 1.47 bits per heavy atom. The molecule has 0 radical (unpaired) electrons. The van der Waals surface area contributed by atoms with E-state index in [0.717, 1.165) is 25.1 Å². The van der Waals surface area contributed by atoms with Crippen molar-refractivity contribution in [3.05, 3.63) is 29.5 Å². The third kappa shape index (κ3) is 1.53. The Morgan fingerprint density at radius 3 is 3.12 bits per heavy atom. The molecule has 90 valence electrons. The molecule has 1 aliphatic rings. The highest BCUT2D eigenvalue weighted by molar-refractivity contribution is 5.90. The molecule has 1 heterocycles. The molecule has 0 saturated heterocycles. The number of aromatic amines is 1. The van der Waals surface area contributed by atoms with Crippen LogP contribution in [0.4, 0.5) is 0 Å². The molecule has 3 nitrogen and oxygen atoms in total. The smallest absolute Gasteiger partial charge is 0.122 e. The third-order valence-corrected chi connectivity index (χ3v) is 3.86. The number of aryl methyl sites for hydroxylation is 1. The lowest BCUT2D eigenvalue weighted by atomic mass is 9.82. The number of H-pyrrole nitrogens is 1. The van der Waals surface area contributed by atoms with Crippen molar-refractivity contribution in [2.75, 3.05) is 13.7 Å². The minimum Gasteiger partial charge on any atom is -0.496 e. The molecule has 3 heteroatoms. The van der Waals surface area contributed by atoms with E-state index in [9.17, 15) is 0 Å². The van der Waals surface area contributed by atoms with E-state index in [1.807, 2.05) is 0 Å². The quantitative estimate of drug-likeness (QED) is 0.851. The second kappa shape index (κ2) is 4.08. The first-order chi connectivity index (χ1) is 8.35. The summed E-state index contributed by atoms with van der Waals surface area (Å²) >= 11 is 0. The fourth-order valence-corrected chi connectivity index (χ4v) is 3.04. The van der Waals surface area contributed by atoms with Crippen LogP contribution >= 0.6 is 0 Å². The molecule has 0 amide bonds. The summed E-state index contributed by atoms with van der Waals surface area (Å²) in [5, 5.41) is 1.37. The summed E-state index contributed by atoms with van der Waals surface area (Å²) in [4.78, 5) is 3.36. The van der Waals surface area contributed by atoms with Gasteiger partial charge >= 0.3 is 0 Å². The van der Waals surface area contributed by atoms with E-state index in [4.69, 9.17) is 10.5 Å². The molecule has 1 aromatic heterocycles. The van der Waals surface area contributed by atoms with Gasteiger partial charge in [-0.2, -0.15) is 0 Å². The van der Waals surface area contributed by atoms with Crippen molar-refractivity contribution in [1.29, 1.82) is 0 Å². The first-order valence-electron chi connectivity index (χ1n) is 6.22. The van der Waals surface area contributed by atoms with Crippen LogP contribution in [0.2, 0.25) is 0 Å². The summed E-state index contributed by atoms with van der Waals surface area (Å²) in [6.07, 6.45) is 5.49. The standard InChI is InChI=1S/C14H18N2O/c1-17-13-5-4-12-14-10(13)3-2-9(6-7-15)11(14)8-16-12/h4-5,8-9,16H,2-3,6-7,15H2,1H3. The Hall–Kier alpha value is -1.48. The van der Waals surface area contributed by atoms with Crippen LogP contribution in [0.25, 0.3) is 10.9 Å². The first-order valence-corrected chi connectivity index (χ1v) is 6.22. The van der Waals surface area contributed by atoms with Gasteiger partial charge in [0.1, 0.15) is 5.75 Å². The molecular weight excluding hydrogens is 212 g/mol. The van der Waals surface area contributed by atoms with Crippen molar-refractivity contribution in [2.45, 2.75) is 25.2 Å². The van der Waals surface area contributed by atoms with Crippen molar-refractivity contribution in [3.8, 4) is 5.75 Å². The average Bonchev–Trinajstić information content (AvgIpc) is 2.79. The van der Waals surface area contributed by atoms with Crippen LogP contribution < -0.4 is 10.5 Å². The van der Waals surface area contributed by atoms with Crippen LogP contribution in [0.1, 0.15) is 29.9 Å². The lowest BCUT2D eigenvalue weighted by Crippen LogP contribution is -2.12. The van der Waals surface area contributed by atoms with E-state index in [1.54, 1.807) is 7.11 Å². The molecule has 1 atom stereocenters. The van der Waals surface area contributed by atoms with E-state index < -0.39 is 0 Å². The SMILES string of the molecule is COc1ccc2[nH]cc3c2c1CCC3CCN. The molecular formula is C14H18N2O. The Balaban J connectivity index is 2.20. The van der Waals surface area contributed by atoms with Crippen LogP contribution in [0.3, 0.4) is 0 Å². The Kier molecular flexibility index (Phi) is 2.56. The van der Waals surface area contributed by atoms with Crippen LogP contribution in [0, 0.1) is 0 Å². The fraction of sp³-hybridized carbons (Fsp3) is 0.429. The van der Waals surface area contributed by atoms with E-state index in [-0.39, 0.29) is 0 Å². The highest BCUT2D eigenvalue weighted by atomic mass is 16.5. The van der Waals surface area contributed by atoms with Gasteiger partial charge in [0.05, 0.1) is 7.11 Å². The average molecular weight is 230 g/mol. The number of benzene rings is 1. The number of aromatic nitrogens is 1. The number of nitrogens with two attached hydrogens (primary N) is 1. The van der Waals surface area contributed by atoms with Crippen LogP contribution in [0.5, 0.6) is 5.75 Å². The lowest BCUT2D eigenvalue weighted by Gasteiger charge is -2.23. The second-order valence-electron chi connectivity index (χ2n) is 4.73. The second-order valence-corrected chi connectivity index (χ2v) is 4.73. The molecule has 1 aromatic carbocycles. The van der Waals surface area contributed by atoms with Gasteiger partial charge in [-0.3, -0.25) is 0 Å². The minimum absolute atomic E-state index is 0.605. The molecule has 0 spiro atoms. The summed E-state index contributed by atoms with van der Waals surface area (Å²) in [5.74, 6) is 1.62. The number of ether oxygens (including phenoxy) is 1. The van der Waals surface area contributed by atoms with Gasteiger partial charge in [-0.1, -0.05) is 0 Å². The fourth-order valence-electron chi connectivity index (χ4n) is 3.04. The molecule has 1 unspecified atom stereocenters. The van der Waals surface area contributed by atoms with Crippen molar-refractivity contribution >= 4 is 10.9 Å². The molecule has 3 rings (SSSR count). The van der Waals surface area contributed by atoms with Crippen LogP contribution in [-0.2, 0) is 6.42 Å². The number of hydrogen-bond acceptors (Lipinski definition) is 2. The summed E-state index contributed by atoms with van der Waals surface area (Å²) in [6.45, 7) is 0.761. The molecule has 0 bridgehead atoms. The zero-order chi connectivity index (χ0) is 11.8. The van der Waals surface area contributed by atoms with Gasteiger partial charge in [-0.25, -0.2) is 0 Å².